The molecule has 0 radical (unpaired) electrons. The van der Waals surface area contributed by atoms with Gasteiger partial charge in [-0.1, -0.05) is 0 Å². The van der Waals surface area contributed by atoms with E-state index in [-0.39, 0.29) is 6.54 Å². The predicted octanol–water partition coefficient (Wildman–Crippen LogP) is 3.92. The molecule has 0 amide bonds. The third-order valence-electron chi connectivity index (χ3n) is 7.41. The van der Waals surface area contributed by atoms with Gasteiger partial charge in [-0.15, -0.1) is 0 Å². The van der Waals surface area contributed by atoms with E-state index in [2.05, 4.69) is 16.8 Å². The minimum absolute atomic E-state index is 0.260. The van der Waals surface area contributed by atoms with Crippen molar-refractivity contribution < 1.29 is 23.1 Å². The van der Waals surface area contributed by atoms with Crippen LogP contribution in [-0.4, -0.2) is 67.2 Å². The van der Waals surface area contributed by atoms with Crippen LogP contribution in [0, 0.1) is 11.3 Å². The zero-order chi connectivity index (χ0) is 22.2. The number of hydrogen-bond acceptors (Lipinski definition) is 4. The van der Waals surface area contributed by atoms with E-state index in [9.17, 15) is 23.1 Å². The van der Waals surface area contributed by atoms with Gasteiger partial charge in [0.05, 0.1) is 11.5 Å². The number of hydrogen-bond donors (Lipinski definition) is 1. The van der Waals surface area contributed by atoms with Crippen molar-refractivity contribution >= 4 is 11.7 Å². The van der Waals surface area contributed by atoms with Crippen molar-refractivity contribution in [3.63, 3.8) is 0 Å². The highest BCUT2D eigenvalue weighted by Crippen LogP contribution is 2.41. The standard InChI is InChI=1S/C23H32F3N3O2/c1-27-8-4-22(5-9-27)6-10-28(16-22)14-17-11-19(23(24,25)26)13-20(12-17)29-7-2-3-18(15-29)21(30)31/h11-13,18H,2-10,14-16H2,1H3,(H,30,31). The molecule has 172 valence electrons. The summed E-state index contributed by atoms with van der Waals surface area (Å²) in [5.74, 6) is -1.41. The van der Waals surface area contributed by atoms with Crippen molar-refractivity contribution in [2.24, 2.45) is 11.3 Å². The van der Waals surface area contributed by atoms with Crippen LogP contribution in [-0.2, 0) is 17.5 Å². The fourth-order valence-corrected chi connectivity index (χ4v) is 5.45. The highest BCUT2D eigenvalue weighted by Gasteiger charge is 2.40. The molecule has 4 rings (SSSR count). The summed E-state index contributed by atoms with van der Waals surface area (Å²) in [6, 6.07) is 4.27. The van der Waals surface area contributed by atoms with Gasteiger partial charge in [-0.25, -0.2) is 0 Å². The van der Waals surface area contributed by atoms with Crippen LogP contribution in [0.15, 0.2) is 18.2 Å². The van der Waals surface area contributed by atoms with E-state index in [1.807, 2.05) is 11.0 Å². The maximum Gasteiger partial charge on any atom is 0.416 e. The smallest absolute Gasteiger partial charge is 0.416 e. The lowest BCUT2D eigenvalue weighted by Crippen LogP contribution is -2.39. The van der Waals surface area contributed by atoms with E-state index < -0.39 is 23.6 Å². The molecular formula is C23H32F3N3O2. The summed E-state index contributed by atoms with van der Waals surface area (Å²) in [5.41, 5.74) is 0.806. The number of halogens is 3. The first-order valence-corrected chi connectivity index (χ1v) is 11.2. The molecule has 1 atom stereocenters. The number of nitrogens with zero attached hydrogens (tertiary/aromatic N) is 3. The number of rotatable bonds is 4. The van der Waals surface area contributed by atoms with Gasteiger partial charge >= 0.3 is 12.1 Å². The largest absolute Gasteiger partial charge is 0.481 e. The Morgan fingerprint density at radius 3 is 2.52 bits per heavy atom. The molecule has 8 heteroatoms. The molecule has 3 fully saturated rings. The van der Waals surface area contributed by atoms with E-state index in [1.54, 1.807) is 0 Å². The molecule has 31 heavy (non-hydrogen) atoms. The van der Waals surface area contributed by atoms with E-state index in [4.69, 9.17) is 0 Å². The molecule has 1 N–H and O–H groups in total. The topological polar surface area (TPSA) is 47.0 Å². The number of aliphatic carboxylic acids is 1. The highest BCUT2D eigenvalue weighted by molar-refractivity contribution is 5.71. The second-order valence-electron chi connectivity index (χ2n) is 9.77. The Bertz CT molecular complexity index is 806. The Morgan fingerprint density at radius 2 is 1.84 bits per heavy atom. The molecule has 1 unspecified atom stereocenters. The van der Waals surface area contributed by atoms with Gasteiger partial charge in [0.2, 0.25) is 0 Å². The van der Waals surface area contributed by atoms with Crippen molar-refractivity contribution in [1.82, 2.24) is 9.80 Å². The molecule has 5 nitrogen and oxygen atoms in total. The third-order valence-corrected chi connectivity index (χ3v) is 7.41. The van der Waals surface area contributed by atoms with Crippen LogP contribution in [0.3, 0.4) is 0 Å². The minimum atomic E-state index is -4.42. The summed E-state index contributed by atoms with van der Waals surface area (Å²) < 4.78 is 40.9. The van der Waals surface area contributed by atoms with Crippen LogP contribution in [0.1, 0.15) is 43.2 Å². The molecule has 0 aliphatic carbocycles. The number of anilines is 1. The number of likely N-dealkylation sites (tertiary alicyclic amines) is 2. The monoisotopic (exact) mass is 439 g/mol. The maximum atomic E-state index is 13.6. The van der Waals surface area contributed by atoms with Crippen LogP contribution < -0.4 is 4.90 Å². The van der Waals surface area contributed by atoms with E-state index >= 15 is 0 Å². The van der Waals surface area contributed by atoms with Gasteiger partial charge in [-0.2, -0.15) is 13.2 Å². The van der Waals surface area contributed by atoms with Crippen molar-refractivity contribution in [3.8, 4) is 0 Å². The molecule has 0 aromatic heterocycles. The molecule has 0 saturated carbocycles. The van der Waals surface area contributed by atoms with Crippen LogP contribution in [0.4, 0.5) is 18.9 Å². The molecule has 1 spiro atoms. The lowest BCUT2D eigenvalue weighted by Gasteiger charge is -2.38. The molecule has 3 saturated heterocycles. The molecule has 0 bridgehead atoms. The van der Waals surface area contributed by atoms with Gasteiger partial charge in [-0.05, 0) is 88.0 Å². The zero-order valence-corrected chi connectivity index (χ0v) is 18.1. The summed E-state index contributed by atoms with van der Waals surface area (Å²) in [4.78, 5) is 17.9. The number of alkyl halides is 3. The van der Waals surface area contributed by atoms with Gasteiger partial charge < -0.3 is 14.9 Å². The zero-order valence-electron chi connectivity index (χ0n) is 18.1. The second-order valence-corrected chi connectivity index (χ2v) is 9.77. The maximum absolute atomic E-state index is 13.6. The molecule has 3 aliphatic rings. The number of carboxylic acid groups (broad SMARTS) is 1. The SMILES string of the molecule is CN1CCC2(CC1)CCN(Cc1cc(N3CCCC(C(=O)O)C3)cc(C(F)(F)F)c1)C2. The molecule has 3 heterocycles. The lowest BCUT2D eigenvalue weighted by molar-refractivity contribution is -0.142. The second kappa shape index (κ2) is 8.62. The Labute approximate surface area is 181 Å². The first-order chi connectivity index (χ1) is 14.6. The van der Waals surface area contributed by atoms with Crippen molar-refractivity contribution in [1.29, 1.82) is 0 Å². The normalized spacial score (nSPS) is 25.3. The highest BCUT2D eigenvalue weighted by atomic mass is 19.4. The van der Waals surface area contributed by atoms with Crippen molar-refractivity contribution in [2.75, 3.05) is 51.2 Å². The first-order valence-electron chi connectivity index (χ1n) is 11.2. The minimum Gasteiger partial charge on any atom is -0.481 e. The average molecular weight is 440 g/mol. The van der Waals surface area contributed by atoms with Gasteiger partial charge in [0.15, 0.2) is 0 Å². The van der Waals surface area contributed by atoms with E-state index in [0.29, 0.717) is 42.6 Å². The van der Waals surface area contributed by atoms with Gasteiger partial charge in [0.25, 0.3) is 0 Å². The Morgan fingerprint density at radius 1 is 1.13 bits per heavy atom. The van der Waals surface area contributed by atoms with Crippen LogP contribution in [0.2, 0.25) is 0 Å². The molecule has 1 aromatic carbocycles. The first kappa shape index (κ1) is 22.4. The van der Waals surface area contributed by atoms with Gasteiger partial charge in [0.1, 0.15) is 0 Å². The Balaban J connectivity index is 1.52. The summed E-state index contributed by atoms with van der Waals surface area (Å²) in [6.07, 6.45) is 0.233. The predicted molar refractivity (Wildman–Crippen MR) is 113 cm³/mol. The quantitative estimate of drug-likeness (QED) is 0.771. The average Bonchev–Trinajstić information content (AvgIpc) is 3.12. The van der Waals surface area contributed by atoms with Gasteiger partial charge in [-0.3, -0.25) is 9.69 Å². The fraction of sp³-hybridized carbons (Fsp3) is 0.696. The van der Waals surface area contributed by atoms with Gasteiger partial charge in [0, 0.05) is 31.9 Å². The van der Waals surface area contributed by atoms with Crippen molar-refractivity contribution in [3.05, 3.63) is 29.3 Å². The molecule has 3 aliphatic heterocycles. The summed E-state index contributed by atoms with van der Waals surface area (Å²) >= 11 is 0. The summed E-state index contributed by atoms with van der Waals surface area (Å²) in [5, 5.41) is 9.35. The number of carbonyl (C=O) groups is 1. The fourth-order valence-electron chi connectivity index (χ4n) is 5.45. The molecule has 1 aromatic rings. The number of benzene rings is 1. The van der Waals surface area contributed by atoms with E-state index in [0.717, 1.165) is 45.4 Å². The van der Waals surface area contributed by atoms with Crippen LogP contribution >= 0.6 is 0 Å². The number of carboxylic acids is 1. The number of piperidine rings is 2. The van der Waals surface area contributed by atoms with Crippen molar-refractivity contribution in [2.45, 2.75) is 44.8 Å². The Hall–Kier alpha value is -1.80. The van der Waals surface area contributed by atoms with Crippen LogP contribution in [0.25, 0.3) is 0 Å². The molecular weight excluding hydrogens is 407 g/mol. The third kappa shape index (κ3) is 5.17. The van der Waals surface area contributed by atoms with Crippen LogP contribution in [0.5, 0.6) is 0 Å². The lowest BCUT2D eigenvalue weighted by atomic mass is 9.78. The van der Waals surface area contributed by atoms with E-state index in [1.165, 1.54) is 12.1 Å². The summed E-state index contributed by atoms with van der Waals surface area (Å²) in [7, 11) is 2.14. The summed E-state index contributed by atoms with van der Waals surface area (Å²) in [6.45, 7) is 5.38. The Kier molecular flexibility index (Phi) is 6.23.